The number of ether oxygens (including phenoxy) is 1. The number of nitrogens with zero attached hydrogens (tertiary/aromatic N) is 4. The van der Waals surface area contributed by atoms with Crippen molar-refractivity contribution in [1.82, 2.24) is 4.90 Å². The molecule has 6 nitrogen and oxygen atoms in total. The van der Waals surface area contributed by atoms with Gasteiger partial charge in [0.25, 0.3) is 0 Å². The molecule has 1 N–H and O–H groups in total. The Morgan fingerprint density at radius 2 is 1.82 bits per heavy atom. The summed E-state index contributed by atoms with van der Waals surface area (Å²) in [5.41, 5.74) is 0.598. The molecule has 2 aliphatic heterocycles. The minimum atomic E-state index is -3.59. The number of aliphatic imine (C=N–C) groups is 2. The molecule has 0 saturated carbocycles. The zero-order chi connectivity index (χ0) is 28.5. The summed E-state index contributed by atoms with van der Waals surface area (Å²) in [6.45, 7) is 7.63. The number of halogens is 5. The summed E-state index contributed by atoms with van der Waals surface area (Å²) >= 11 is 0. The Balaban J connectivity index is 1.63. The molecule has 0 unspecified atom stereocenters. The Labute approximate surface area is 224 Å². The summed E-state index contributed by atoms with van der Waals surface area (Å²) in [6.07, 6.45) is -1.87. The molecular formula is C28H32F5N5O. The number of benzene rings is 2. The molecule has 39 heavy (non-hydrogen) atoms. The second-order valence-electron chi connectivity index (χ2n) is 10.1. The number of hydrogen-bond acceptors (Lipinski definition) is 4. The predicted octanol–water partition coefficient (Wildman–Crippen LogP) is 6.34. The fourth-order valence-electron chi connectivity index (χ4n) is 4.86. The first-order valence-electron chi connectivity index (χ1n) is 12.7. The number of likely N-dealkylation sites (tertiary alicyclic amines) is 1. The van der Waals surface area contributed by atoms with E-state index in [1.54, 1.807) is 26.0 Å². The van der Waals surface area contributed by atoms with Gasteiger partial charge in [0.05, 0.1) is 5.69 Å². The molecule has 1 fully saturated rings. The molecule has 4 rings (SSSR count). The quantitative estimate of drug-likeness (QED) is 0.269. The van der Waals surface area contributed by atoms with Gasteiger partial charge < -0.3 is 19.9 Å². The number of alkyl halides is 2. The van der Waals surface area contributed by atoms with E-state index in [4.69, 9.17) is 0 Å². The van der Waals surface area contributed by atoms with Crippen LogP contribution in [-0.4, -0.2) is 62.5 Å². The zero-order valence-corrected chi connectivity index (χ0v) is 22.4. The second kappa shape index (κ2) is 11.3. The Morgan fingerprint density at radius 3 is 2.41 bits per heavy atom. The number of rotatable bonds is 5. The first-order valence-corrected chi connectivity index (χ1v) is 12.7. The maximum Gasteiger partial charge on any atom is 0.416 e. The molecule has 2 heterocycles. The van der Waals surface area contributed by atoms with Crippen LogP contribution >= 0.6 is 0 Å². The summed E-state index contributed by atoms with van der Waals surface area (Å²) < 4.78 is 77.3. The Kier molecular flexibility index (Phi) is 8.29. The highest BCUT2D eigenvalue weighted by molar-refractivity contribution is 6.17. The lowest BCUT2D eigenvalue weighted by Gasteiger charge is -2.38. The van der Waals surface area contributed by atoms with Gasteiger partial charge in [-0.05, 0) is 82.6 Å². The van der Waals surface area contributed by atoms with Crippen LogP contribution in [0.1, 0.15) is 43.7 Å². The molecule has 2 aliphatic rings. The molecule has 1 saturated heterocycles. The highest BCUT2D eigenvalue weighted by Gasteiger charge is 2.43. The number of guanidine groups is 1. The third-order valence-corrected chi connectivity index (χ3v) is 6.94. The van der Waals surface area contributed by atoms with Crippen molar-refractivity contribution in [3.63, 3.8) is 0 Å². The number of anilines is 2. The largest absolute Gasteiger partial charge is 0.426 e. The van der Waals surface area contributed by atoms with Crippen LogP contribution in [-0.2, 0) is 0 Å². The van der Waals surface area contributed by atoms with Crippen LogP contribution in [0.3, 0.4) is 0 Å². The van der Waals surface area contributed by atoms with E-state index in [0.29, 0.717) is 11.3 Å². The molecule has 210 valence electrons. The molecule has 0 aliphatic carbocycles. The summed E-state index contributed by atoms with van der Waals surface area (Å²) in [5, 5.41) is 2.85. The maximum atomic E-state index is 15.0. The molecule has 0 amide bonds. The SMILES string of the molecule is C=C(F)C(=NC(=NC)Nc1ccc(C2CCN(C)CC2)c(F)c1)c1cc(F)c2c(c1)N(C(C)C)CC(F)(F)O2. The molecule has 0 aromatic heterocycles. The van der Waals surface area contributed by atoms with Crippen LogP contribution in [0, 0.1) is 11.6 Å². The van der Waals surface area contributed by atoms with E-state index in [2.05, 4.69) is 31.5 Å². The van der Waals surface area contributed by atoms with Crippen LogP contribution in [0.2, 0.25) is 0 Å². The Bertz CT molecular complexity index is 1300. The second-order valence-corrected chi connectivity index (χ2v) is 10.1. The normalized spacial score (nSPS) is 18.7. The van der Waals surface area contributed by atoms with Gasteiger partial charge in [0.1, 0.15) is 23.9 Å². The number of nitrogens with one attached hydrogen (secondary N) is 1. The molecule has 0 spiro atoms. The van der Waals surface area contributed by atoms with E-state index in [0.717, 1.165) is 32.0 Å². The van der Waals surface area contributed by atoms with Crippen molar-refractivity contribution in [2.24, 2.45) is 9.98 Å². The maximum absolute atomic E-state index is 15.0. The monoisotopic (exact) mass is 549 g/mol. The van der Waals surface area contributed by atoms with Gasteiger partial charge in [-0.1, -0.05) is 12.6 Å². The van der Waals surface area contributed by atoms with Crippen LogP contribution in [0.5, 0.6) is 5.75 Å². The Morgan fingerprint density at radius 1 is 1.13 bits per heavy atom. The first-order chi connectivity index (χ1) is 18.4. The van der Waals surface area contributed by atoms with Gasteiger partial charge in [-0.25, -0.2) is 18.2 Å². The standard InChI is InChI=1S/C28H32F5N5O/c1-16(2)38-15-28(32,33)39-26-23(31)12-19(13-24(26)38)25(17(3)29)36-27(34-4)35-20-6-7-21(22(30)14-20)18-8-10-37(5)11-9-18/h6-7,12-14,16,18H,3,8-11,15H2,1-2,4-5H3,(H,34,35). The third-order valence-electron chi connectivity index (χ3n) is 6.94. The minimum Gasteiger partial charge on any atom is -0.426 e. The summed E-state index contributed by atoms with van der Waals surface area (Å²) in [5.74, 6) is -3.06. The smallest absolute Gasteiger partial charge is 0.416 e. The topological polar surface area (TPSA) is 52.5 Å². The minimum absolute atomic E-state index is 0.0365. The van der Waals surface area contributed by atoms with Gasteiger partial charge in [0.15, 0.2) is 11.6 Å². The lowest BCUT2D eigenvalue weighted by atomic mass is 9.89. The van der Waals surface area contributed by atoms with E-state index in [1.165, 1.54) is 24.1 Å². The van der Waals surface area contributed by atoms with Crippen molar-refractivity contribution in [1.29, 1.82) is 0 Å². The average molecular weight is 550 g/mol. The van der Waals surface area contributed by atoms with Gasteiger partial charge >= 0.3 is 6.11 Å². The van der Waals surface area contributed by atoms with Crippen molar-refractivity contribution >= 4 is 23.0 Å². The van der Waals surface area contributed by atoms with Crippen molar-refractivity contribution in [2.45, 2.75) is 44.8 Å². The number of piperidine rings is 1. The van der Waals surface area contributed by atoms with E-state index < -0.39 is 36.1 Å². The lowest BCUT2D eigenvalue weighted by Crippen LogP contribution is -2.48. The summed E-state index contributed by atoms with van der Waals surface area (Å²) in [4.78, 5) is 11.7. The summed E-state index contributed by atoms with van der Waals surface area (Å²) in [7, 11) is 3.44. The molecule has 2 aromatic carbocycles. The van der Waals surface area contributed by atoms with E-state index in [9.17, 15) is 22.0 Å². The summed E-state index contributed by atoms with van der Waals surface area (Å²) in [6, 6.07) is 6.48. The third kappa shape index (κ3) is 6.41. The van der Waals surface area contributed by atoms with Crippen molar-refractivity contribution < 1.29 is 26.7 Å². The first kappa shape index (κ1) is 28.5. The molecule has 0 atom stereocenters. The van der Waals surface area contributed by atoms with E-state index in [-0.39, 0.29) is 34.7 Å². The van der Waals surface area contributed by atoms with Crippen LogP contribution < -0.4 is 15.0 Å². The number of fused-ring (bicyclic) bond motifs is 1. The predicted molar refractivity (Wildman–Crippen MR) is 144 cm³/mol. The highest BCUT2D eigenvalue weighted by Crippen LogP contribution is 2.42. The lowest BCUT2D eigenvalue weighted by molar-refractivity contribution is -0.174. The van der Waals surface area contributed by atoms with Crippen LogP contribution in [0.25, 0.3) is 0 Å². The molecule has 0 radical (unpaired) electrons. The average Bonchev–Trinajstić information content (AvgIpc) is 2.86. The molecule has 11 heteroatoms. The van der Waals surface area contributed by atoms with Gasteiger partial charge in [0.2, 0.25) is 5.96 Å². The van der Waals surface area contributed by atoms with E-state index in [1.807, 2.05) is 7.05 Å². The molecule has 2 aromatic rings. The van der Waals surface area contributed by atoms with Crippen LogP contribution in [0.4, 0.5) is 33.3 Å². The number of hydrogen-bond donors (Lipinski definition) is 1. The van der Waals surface area contributed by atoms with Gasteiger partial charge in [-0.15, -0.1) is 0 Å². The fraction of sp³-hybridized carbons (Fsp3) is 0.429. The Hall–Kier alpha value is -3.47. The molecular weight excluding hydrogens is 517 g/mol. The molecule has 0 bridgehead atoms. The van der Waals surface area contributed by atoms with Crippen molar-refractivity contribution in [3.8, 4) is 5.75 Å². The fourth-order valence-corrected chi connectivity index (χ4v) is 4.86. The number of allylic oxidation sites excluding steroid dienone is 1. The van der Waals surface area contributed by atoms with Gasteiger partial charge in [-0.2, -0.15) is 8.78 Å². The zero-order valence-electron chi connectivity index (χ0n) is 22.4. The van der Waals surface area contributed by atoms with Gasteiger partial charge in [0, 0.05) is 24.3 Å². The van der Waals surface area contributed by atoms with Crippen molar-refractivity contribution in [2.75, 3.05) is 43.9 Å². The van der Waals surface area contributed by atoms with Crippen molar-refractivity contribution in [3.05, 3.63) is 65.5 Å². The highest BCUT2D eigenvalue weighted by atomic mass is 19.3. The van der Waals surface area contributed by atoms with E-state index >= 15 is 0 Å². The van der Waals surface area contributed by atoms with Gasteiger partial charge in [-0.3, -0.25) is 4.99 Å². The van der Waals surface area contributed by atoms with Crippen LogP contribution in [0.15, 0.2) is 52.7 Å².